The van der Waals surface area contributed by atoms with Crippen LogP contribution in [0.3, 0.4) is 0 Å². The van der Waals surface area contributed by atoms with Gasteiger partial charge in [-0.1, -0.05) is 32.9 Å². The highest BCUT2D eigenvalue weighted by Crippen LogP contribution is 2.11. The summed E-state index contributed by atoms with van der Waals surface area (Å²) >= 11 is 0. The molecule has 19 heavy (non-hydrogen) atoms. The van der Waals surface area contributed by atoms with E-state index < -0.39 is 5.97 Å². The van der Waals surface area contributed by atoms with E-state index in [1.54, 1.807) is 24.3 Å². The summed E-state index contributed by atoms with van der Waals surface area (Å²) in [7, 11) is 0. The van der Waals surface area contributed by atoms with Gasteiger partial charge in [0.1, 0.15) is 0 Å². The van der Waals surface area contributed by atoms with Crippen molar-refractivity contribution in [1.82, 2.24) is 5.32 Å². The Labute approximate surface area is 113 Å². The molecule has 0 atom stereocenters. The first-order valence-corrected chi connectivity index (χ1v) is 6.07. The zero-order valence-corrected chi connectivity index (χ0v) is 11.4. The molecule has 1 amide bonds. The SMILES string of the molecule is CC(C)(C)CNC(=O)c1ccc(/C=C/C(=O)O)cc1. The molecule has 1 aromatic rings. The summed E-state index contributed by atoms with van der Waals surface area (Å²) in [6, 6.07) is 6.79. The molecule has 2 N–H and O–H groups in total. The van der Waals surface area contributed by atoms with Crippen LogP contribution in [0.1, 0.15) is 36.7 Å². The summed E-state index contributed by atoms with van der Waals surface area (Å²) in [6.07, 6.45) is 2.55. The van der Waals surface area contributed by atoms with E-state index >= 15 is 0 Å². The second-order valence-corrected chi connectivity index (χ2v) is 5.54. The summed E-state index contributed by atoms with van der Waals surface area (Å²) in [5.74, 6) is -1.12. The van der Waals surface area contributed by atoms with E-state index in [4.69, 9.17) is 5.11 Å². The lowest BCUT2D eigenvalue weighted by Crippen LogP contribution is -2.32. The largest absolute Gasteiger partial charge is 0.478 e. The number of carbonyl (C=O) groups excluding carboxylic acids is 1. The van der Waals surface area contributed by atoms with Crippen molar-refractivity contribution in [3.05, 3.63) is 41.5 Å². The molecule has 0 saturated heterocycles. The van der Waals surface area contributed by atoms with Crippen molar-refractivity contribution in [3.8, 4) is 0 Å². The molecule has 0 bridgehead atoms. The van der Waals surface area contributed by atoms with Gasteiger partial charge in [-0.3, -0.25) is 4.79 Å². The Balaban J connectivity index is 2.66. The monoisotopic (exact) mass is 261 g/mol. The van der Waals surface area contributed by atoms with Gasteiger partial charge in [0.05, 0.1) is 0 Å². The summed E-state index contributed by atoms with van der Waals surface area (Å²) < 4.78 is 0. The van der Waals surface area contributed by atoms with Crippen molar-refractivity contribution < 1.29 is 14.7 Å². The molecule has 0 radical (unpaired) electrons. The molecular formula is C15H19NO3. The summed E-state index contributed by atoms with van der Waals surface area (Å²) in [5.41, 5.74) is 1.35. The zero-order valence-electron chi connectivity index (χ0n) is 11.4. The predicted molar refractivity (Wildman–Crippen MR) is 74.9 cm³/mol. The van der Waals surface area contributed by atoms with Gasteiger partial charge in [0, 0.05) is 18.2 Å². The van der Waals surface area contributed by atoms with Gasteiger partial charge in [0.15, 0.2) is 0 Å². The van der Waals surface area contributed by atoms with Crippen LogP contribution in [0.2, 0.25) is 0 Å². The number of benzene rings is 1. The molecule has 4 heteroatoms. The van der Waals surface area contributed by atoms with Gasteiger partial charge in [-0.15, -0.1) is 0 Å². The van der Waals surface area contributed by atoms with Crippen LogP contribution < -0.4 is 5.32 Å². The molecule has 0 unspecified atom stereocenters. The average molecular weight is 261 g/mol. The van der Waals surface area contributed by atoms with Crippen LogP contribution in [-0.2, 0) is 4.79 Å². The van der Waals surface area contributed by atoms with Crippen molar-refractivity contribution in [2.24, 2.45) is 5.41 Å². The molecule has 0 spiro atoms. The predicted octanol–water partition coefficient (Wildman–Crippen LogP) is 2.56. The van der Waals surface area contributed by atoms with Gasteiger partial charge in [-0.25, -0.2) is 4.79 Å². The Morgan fingerprint density at radius 1 is 1.21 bits per heavy atom. The van der Waals surface area contributed by atoms with Crippen LogP contribution >= 0.6 is 0 Å². The highest BCUT2D eigenvalue weighted by Gasteiger charge is 2.12. The summed E-state index contributed by atoms with van der Waals surface area (Å²) in [5, 5.41) is 11.4. The van der Waals surface area contributed by atoms with Crippen LogP contribution in [0.4, 0.5) is 0 Å². The second-order valence-electron chi connectivity index (χ2n) is 5.54. The van der Waals surface area contributed by atoms with E-state index in [2.05, 4.69) is 5.32 Å². The quantitative estimate of drug-likeness (QED) is 0.819. The van der Waals surface area contributed by atoms with Gasteiger partial charge in [0.2, 0.25) is 0 Å². The molecule has 0 aliphatic carbocycles. The molecule has 0 aliphatic rings. The number of nitrogens with one attached hydrogen (secondary N) is 1. The summed E-state index contributed by atoms with van der Waals surface area (Å²) in [6.45, 7) is 6.75. The van der Waals surface area contributed by atoms with E-state index in [1.165, 1.54) is 6.08 Å². The maximum Gasteiger partial charge on any atom is 0.328 e. The first kappa shape index (κ1) is 15.0. The minimum Gasteiger partial charge on any atom is -0.478 e. The minimum atomic E-state index is -0.994. The Hall–Kier alpha value is -2.10. The lowest BCUT2D eigenvalue weighted by atomic mass is 9.97. The number of carboxylic acids is 1. The molecule has 0 saturated carbocycles. The Morgan fingerprint density at radius 2 is 1.79 bits per heavy atom. The fraction of sp³-hybridized carbons (Fsp3) is 0.333. The highest BCUT2D eigenvalue weighted by atomic mass is 16.4. The first-order chi connectivity index (χ1) is 8.78. The van der Waals surface area contributed by atoms with Crippen molar-refractivity contribution in [2.75, 3.05) is 6.54 Å². The van der Waals surface area contributed by atoms with Crippen LogP contribution in [0.25, 0.3) is 6.08 Å². The van der Waals surface area contributed by atoms with Crippen LogP contribution in [0.15, 0.2) is 30.3 Å². The van der Waals surface area contributed by atoms with E-state index in [0.717, 1.165) is 11.6 Å². The topological polar surface area (TPSA) is 66.4 Å². The number of carbonyl (C=O) groups is 2. The number of hydrogen-bond acceptors (Lipinski definition) is 2. The van der Waals surface area contributed by atoms with E-state index in [9.17, 15) is 9.59 Å². The molecule has 0 heterocycles. The zero-order chi connectivity index (χ0) is 14.5. The fourth-order valence-electron chi connectivity index (χ4n) is 1.36. The second kappa shape index (κ2) is 6.18. The minimum absolute atomic E-state index is 0.0415. The Bertz CT molecular complexity index is 481. The lowest BCUT2D eigenvalue weighted by Gasteiger charge is -2.18. The van der Waals surface area contributed by atoms with Crippen molar-refractivity contribution in [3.63, 3.8) is 0 Å². The van der Waals surface area contributed by atoms with E-state index in [1.807, 2.05) is 20.8 Å². The summed E-state index contributed by atoms with van der Waals surface area (Å²) in [4.78, 5) is 22.2. The van der Waals surface area contributed by atoms with E-state index in [-0.39, 0.29) is 11.3 Å². The number of amides is 1. The Kier molecular flexibility index (Phi) is 4.87. The fourth-order valence-corrected chi connectivity index (χ4v) is 1.36. The maximum atomic E-state index is 11.8. The number of aliphatic carboxylic acids is 1. The molecule has 1 aromatic carbocycles. The average Bonchev–Trinajstić information content (AvgIpc) is 2.33. The van der Waals surface area contributed by atoms with Crippen molar-refractivity contribution >= 4 is 18.0 Å². The molecule has 1 rings (SSSR count). The van der Waals surface area contributed by atoms with Crippen molar-refractivity contribution in [2.45, 2.75) is 20.8 Å². The molecular weight excluding hydrogens is 242 g/mol. The van der Waals surface area contributed by atoms with Crippen LogP contribution in [0, 0.1) is 5.41 Å². The van der Waals surface area contributed by atoms with Crippen LogP contribution in [0.5, 0.6) is 0 Å². The third kappa shape index (κ3) is 5.86. The molecule has 0 fully saturated rings. The number of rotatable bonds is 4. The third-order valence-corrected chi connectivity index (χ3v) is 2.37. The first-order valence-electron chi connectivity index (χ1n) is 6.07. The van der Waals surface area contributed by atoms with Gasteiger partial charge in [0.25, 0.3) is 5.91 Å². The van der Waals surface area contributed by atoms with E-state index in [0.29, 0.717) is 12.1 Å². The number of hydrogen-bond donors (Lipinski definition) is 2. The van der Waals surface area contributed by atoms with Crippen LogP contribution in [-0.4, -0.2) is 23.5 Å². The normalized spacial score (nSPS) is 11.5. The Morgan fingerprint density at radius 3 is 2.26 bits per heavy atom. The van der Waals surface area contributed by atoms with Gasteiger partial charge in [-0.2, -0.15) is 0 Å². The molecule has 4 nitrogen and oxygen atoms in total. The highest BCUT2D eigenvalue weighted by molar-refractivity contribution is 5.94. The van der Waals surface area contributed by atoms with Gasteiger partial charge in [-0.05, 0) is 29.2 Å². The third-order valence-electron chi connectivity index (χ3n) is 2.37. The maximum absolute atomic E-state index is 11.8. The molecule has 0 aliphatic heterocycles. The lowest BCUT2D eigenvalue weighted by molar-refractivity contribution is -0.131. The van der Waals surface area contributed by atoms with Gasteiger partial charge >= 0.3 is 5.97 Å². The molecule has 102 valence electrons. The number of carboxylic acid groups (broad SMARTS) is 1. The molecule has 0 aromatic heterocycles. The standard InChI is InChI=1S/C15H19NO3/c1-15(2,3)10-16-14(19)12-7-4-11(5-8-12)6-9-13(17)18/h4-9H,10H2,1-3H3,(H,16,19)(H,17,18)/b9-6+. The van der Waals surface area contributed by atoms with Gasteiger partial charge < -0.3 is 10.4 Å². The van der Waals surface area contributed by atoms with Crippen molar-refractivity contribution in [1.29, 1.82) is 0 Å². The smallest absolute Gasteiger partial charge is 0.328 e.